The summed E-state index contributed by atoms with van der Waals surface area (Å²) in [5.74, 6) is 0. The average molecular weight is 512 g/mol. The molecule has 36 heavy (non-hydrogen) atoms. The molecule has 4 aromatic rings. The molecular formula is C28H21N3O3S2. The van der Waals surface area contributed by atoms with Crippen LogP contribution in [0.5, 0.6) is 0 Å². The van der Waals surface area contributed by atoms with Gasteiger partial charge in [-0.3, -0.25) is 19.5 Å². The molecule has 0 bridgehead atoms. The van der Waals surface area contributed by atoms with Crippen LogP contribution in [0.1, 0.15) is 34.7 Å². The molecule has 0 fully saturated rings. The molecule has 2 heterocycles. The highest BCUT2D eigenvalue weighted by Gasteiger charge is 2.32. The molecule has 6 rings (SSSR count). The number of non-ortho nitro benzene ring substituents is 1. The van der Waals surface area contributed by atoms with E-state index in [9.17, 15) is 14.9 Å². The predicted molar refractivity (Wildman–Crippen MR) is 144 cm³/mol. The third-order valence-electron chi connectivity index (χ3n) is 6.71. The number of nitro groups is 1. The minimum absolute atomic E-state index is 0.0219. The van der Waals surface area contributed by atoms with Gasteiger partial charge in [-0.05, 0) is 71.7 Å². The van der Waals surface area contributed by atoms with Crippen LogP contribution in [0.25, 0.3) is 11.8 Å². The number of thioether (sulfide) groups is 1. The second-order valence-electron chi connectivity index (χ2n) is 8.74. The number of nitrogens with zero attached hydrogens (tertiary/aromatic N) is 3. The summed E-state index contributed by atoms with van der Waals surface area (Å²) in [4.78, 5) is 31.2. The van der Waals surface area contributed by atoms with E-state index in [1.807, 2.05) is 10.6 Å². The molecule has 1 aliphatic heterocycles. The summed E-state index contributed by atoms with van der Waals surface area (Å²) in [7, 11) is 0. The Labute approximate surface area is 215 Å². The average Bonchev–Trinajstić information content (AvgIpc) is 3.22. The summed E-state index contributed by atoms with van der Waals surface area (Å²) in [6.45, 7) is 0. The Kier molecular flexibility index (Phi) is 5.70. The number of aromatic nitrogens is 1. The Balaban J connectivity index is 1.56. The van der Waals surface area contributed by atoms with Crippen LogP contribution >= 0.6 is 23.1 Å². The van der Waals surface area contributed by atoms with Crippen LogP contribution in [0, 0.1) is 10.1 Å². The summed E-state index contributed by atoms with van der Waals surface area (Å²) in [5.41, 5.74) is 6.28. The van der Waals surface area contributed by atoms with Crippen molar-refractivity contribution in [1.82, 2.24) is 4.57 Å². The number of fused-ring (bicyclic) bond motifs is 3. The first-order valence-electron chi connectivity index (χ1n) is 11.5. The molecule has 3 aromatic carbocycles. The number of rotatable bonds is 4. The van der Waals surface area contributed by atoms with Crippen molar-refractivity contribution in [2.45, 2.75) is 23.8 Å². The molecule has 178 valence electrons. The van der Waals surface area contributed by atoms with Crippen molar-refractivity contribution in [2.75, 3.05) is 6.26 Å². The van der Waals surface area contributed by atoms with E-state index >= 15 is 0 Å². The first kappa shape index (κ1) is 22.7. The first-order chi connectivity index (χ1) is 17.5. The SMILES string of the molecule is CSc1ccc(C2C3=C(N=c4sc(=Cc5ccc([N+](=O)[O-])cc5)c(=O)n42)c2ccccc2CC3)cc1. The highest BCUT2D eigenvalue weighted by molar-refractivity contribution is 7.98. The van der Waals surface area contributed by atoms with Crippen molar-refractivity contribution in [1.29, 1.82) is 0 Å². The first-order valence-corrected chi connectivity index (χ1v) is 13.6. The number of hydrogen-bond donors (Lipinski definition) is 0. The van der Waals surface area contributed by atoms with E-state index in [1.54, 1.807) is 30.0 Å². The zero-order valence-corrected chi connectivity index (χ0v) is 21.0. The lowest BCUT2D eigenvalue weighted by Crippen LogP contribution is -2.38. The molecule has 0 spiro atoms. The lowest BCUT2D eigenvalue weighted by atomic mass is 9.83. The van der Waals surface area contributed by atoms with E-state index in [-0.39, 0.29) is 17.3 Å². The molecule has 1 aliphatic carbocycles. The van der Waals surface area contributed by atoms with Gasteiger partial charge in [-0.1, -0.05) is 47.7 Å². The molecule has 1 aromatic heterocycles. The van der Waals surface area contributed by atoms with Crippen LogP contribution in [0.2, 0.25) is 0 Å². The molecule has 0 amide bonds. The number of hydrogen-bond acceptors (Lipinski definition) is 6. The largest absolute Gasteiger partial charge is 0.272 e. The van der Waals surface area contributed by atoms with Crippen molar-refractivity contribution in [2.24, 2.45) is 4.99 Å². The number of thiazole rings is 1. The van der Waals surface area contributed by atoms with Crippen LogP contribution in [0.3, 0.4) is 0 Å². The number of allylic oxidation sites excluding steroid dienone is 1. The van der Waals surface area contributed by atoms with Gasteiger partial charge in [0.25, 0.3) is 11.2 Å². The van der Waals surface area contributed by atoms with Crippen molar-refractivity contribution in [3.8, 4) is 0 Å². The summed E-state index contributed by atoms with van der Waals surface area (Å²) in [6.07, 6.45) is 5.60. The van der Waals surface area contributed by atoms with Crippen LogP contribution in [0.15, 0.2) is 93.1 Å². The van der Waals surface area contributed by atoms with Gasteiger partial charge in [0.15, 0.2) is 4.80 Å². The van der Waals surface area contributed by atoms with Crippen LogP contribution in [-0.4, -0.2) is 15.7 Å². The van der Waals surface area contributed by atoms with Gasteiger partial charge in [0.1, 0.15) is 0 Å². The second kappa shape index (κ2) is 9.04. The van der Waals surface area contributed by atoms with E-state index in [0.29, 0.717) is 9.33 Å². The molecular weight excluding hydrogens is 490 g/mol. The van der Waals surface area contributed by atoms with E-state index < -0.39 is 4.92 Å². The Morgan fingerprint density at radius 3 is 2.53 bits per heavy atom. The monoisotopic (exact) mass is 511 g/mol. The highest BCUT2D eigenvalue weighted by atomic mass is 32.2. The number of aryl methyl sites for hydroxylation is 1. The van der Waals surface area contributed by atoms with Gasteiger partial charge >= 0.3 is 0 Å². The van der Waals surface area contributed by atoms with E-state index in [0.717, 1.165) is 35.2 Å². The highest BCUT2D eigenvalue weighted by Crippen LogP contribution is 2.41. The molecule has 0 N–H and O–H groups in total. The minimum Gasteiger partial charge on any atom is -0.272 e. The zero-order chi connectivity index (χ0) is 24.8. The smallest absolute Gasteiger partial charge is 0.271 e. The van der Waals surface area contributed by atoms with E-state index in [4.69, 9.17) is 4.99 Å². The van der Waals surface area contributed by atoms with Crippen LogP contribution < -0.4 is 14.9 Å². The molecule has 1 unspecified atom stereocenters. The molecule has 0 saturated carbocycles. The van der Waals surface area contributed by atoms with Crippen molar-refractivity contribution < 1.29 is 4.92 Å². The second-order valence-corrected chi connectivity index (χ2v) is 10.6. The maximum Gasteiger partial charge on any atom is 0.271 e. The van der Waals surface area contributed by atoms with Crippen molar-refractivity contribution >= 4 is 40.6 Å². The Morgan fingerprint density at radius 1 is 1.06 bits per heavy atom. The molecule has 6 nitrogen and oxygen atoms in total. The van der Waals surface area contributed by atoms with Gasteiger partial charge in [0.05, 0.1) is 21.2 Å². The fourth-order valence-corrected chi connectivity index (χ4v) is 6.36. The van der Waals surface area contributed by atoms with Crippen LogP contribution in [-0.2, 0) is 6.42 Å². The number of benzene rings is 3. The molecule has 1 atom stereocenters. The number of nitro benzene ring substituents is 1. The van der Waals surface area contributed by atoms with Crippen molar-refractivity contribution in [3.63, 3.8) is 0 Å². The summed E-state index contributed by atoms with van der Waals surface area (Å²) in [6, 6.07) is 22.8. The Morgan fingerprint density at radius 2 is 1.81 bits per heavy atom. The van der Waals surface area contributed by atoms with E-state index in [2.05, 4.69) is 48.7 Å². The normalized spacial score (nSPS) is 16.7. The van der Waals surface area contributed by atoms with Gasteiger partial charge in [-0.25, -0.2) is 4.99 Å². The Bertz CT molecular complexity index is 1720. The molecule has 0 radical (unpaired) electrons. The third-order valence-corrected chi connectivity index (χ3v) is 8.43. The maximum absolute atomic E-state index is 13.8. The quantitative estimate of drug-likeness (QED) is 0.221. The van der Waals surface area contributed by atoms with Crippen LogP contribution in [0.4, 0.5) is 5.69 Å². The minimum atomic E-state index is -0.428. The molecule has 8 heteroatoms. The lowest BCUT2D eigenvalue weighted by molar-refractivity contribution is -0.384. The van der Waals surface area contributed by atoms with Gasteiger partial charge in [-0.2, -0.15) is 0 Å². The van der Waals surface area contributed by atoms with Crippen molar-refractivity contribution in [3.05, 3.63) is 130 Å². The maximum atomic E-state index is 13.8. The van der Waals surface area contributed by atoms with Gasteiger partial charge in [0, 0.05) is 22.6 Å². The van der Waals surface area contributed by atoms with Gasteiger partial charge < -0.3 is 0 Å². The standard InChI is InChI=1S/C28H21N3O3S2/c1-35-21-13-8-19(9-14-21)26-23-15-10-18-4-2-3-5-22(18)25(23)29-28-30(26)27(32)24(36-28)16-17-6-11-20(12-7-17)31(33)34/h2-9,11-14,16,26H,10,15H2,1H3. The summed E-state index contributed by atoms with van der Waals surface area (Å²) >= 11 is 3.05. The van der Waals surface area contributed by atoms with Gasteiger partial charge in [0.2, 0.25) is 0 Å². The zero-order valence-electron chi connectivity index (χ0n) is 19.4. The summed E-state index contributed by atoms with van der Waals surface area (Å²) in [5, 5.41) is 11.0. The van der Waals surface area contributed by atoms with Gasteiger partial charge in [-0.15, -0.1) is 11.8 Å². The fraction of sp³-hybridized carbons (Fsp3) is 0.143. The van der Waals surface area contributed by atoms with E-state index in [1.165, 1.54) is 39.5 Å². The third kappa shape index (κ3) is 3.83. The predicted octanol–water partition coefficient (Wildman–Crippen LogP) is 4.95. The Hall–Kier alpha value is -3.75. The fourth-order valence-electron chi connectivity index (χ4n) is 4.95. The molecule has 0 saturated heterocycles. The lowest BCUT2D eigenvalue weighted by Gasteiger charge is -2.30. The summed E-state index contributed by atoms with van der Waals surface area (Å²) < 4.78 is 2.38. The topological polar surface area (TPSA) is 77.5 Å². The molecule has 2 aliphatic rings.